The summed E-state index contributed by atoms with van der Waals surface area (Å²) in [6.07, 6.45) is 0.392. The second-order valence-electron chi connectivity index (χ2n) is 9.99. The SMILES string of the molecule is CCOC(=O)[C@H](CNC(=O)N(C)Cc1ccccc1)NC(=O)c1c(Cl)cc2c(c1Cl)CCN(Cc1cccc(Cl)c1)C2=O. The molecule has 1 aliphatic rings. The lowest BCUT2D eigenvalue weighted by Crippen LogP contribution is -2.51. The van der Waals surface area contributed by atoms with Crippen LogP contribution in [0.2, 0.25) is 15.1 Å². The highest BCUT2D eigenvalue weighted by Gasteiger charge is 2.32. The number of esters is 1. The maximum Gasteiger partial charge on any atom is 0.330 e. The molecule has 43 heavy (non-hydrogen) atoms. The van der Waals surface area contributed by atoms with Crippen LogP contribution in [0.4, 0.5) is 4.79 Å². The summed E-state index contributed by atoms with van der Waals surface area (Å²) >= 11 is 19.3. The number of carbonyl (C=O) groups is 4. The zero-order valence-corrected chi connectivity index (χ0v) is 25.9. The Labute approximate surface area is 265 Å². The van der Waals surface area contributed by atoms with Crippen molar-refractivity contribution < 1.29 is 23.9 Å². The van der Waals surface area contributed by atoms with Crippen LogP contribution in [0.15, 0.2) is 60.7 Å². The van der Waals surface area contributed by atoms with Crippen LogP contribution in [0, 0.1) is 0 Å². The number of carbonyl (C=O) groups excluding carboxylic acids is 4. The monoisotopic (exact) mass is 644 g/mol. The Hall–Kier alpha value is -3.79. The number of fused-ring (bicyclic) bond motifs is 1. The van der Waals surface area contributed by atoms with Gasteiger partial charge in [-0.05, 0) is 48.2 Å². The first-order chi connectivity index (χ1) is 20.6. The van der Waals surface area contributed by atoms with Gasteiger partial charge in [0.1, 0.15) is 6.04 Å². The molecule has 0 spiro atoms. The molecule has 226 valence electrons. The quantitative estimate of drug-likeness (QED) is 0.289. The number of amides is 4. The van der Waals surface area contributed by atoms with E-state index < -0.39 is 23.9 Å². The van der Waals surface area contributed by atoms with Crippen LogP contribution in [-0.4, -0.2) is 66.4 Å². The van der Waals surface area contributed by atoms with E-state index in [1.807, 2.05) is 42.5 Å². The fourth-order valence-electron chi connectivity index (χ4n) is 4.75. The molecule has 0 saturated carbocycles. The number of nitrogens with one attached hydrogen (secondary N) is 2. The van der Waals surface area contributed by atoms with Gasteiger partial charge in [0.25, 0.3) is 11.8 Å². The molecule has 0 saturated heterocycles. The Bertz CT molecular complexity index is 1520. The molecule has 4 rings (SSSR count). The van der Waals surface area contributed by atoms with Gasteiger partial charge in [0, 0.05) is 37.3 Å². The van der Waals surface area contributed by atoms with Gasteiger partial charge in [0.15, 0.2) is 0 Å². The number of nitrogens with zero attached hydrogens (tertiary/aromatic N) is 2. The van der Waals surface area contributed by atoms with E-state index in [2.05, 4.69) is 10.6 Å². The second-order valence-corrected chi connectivity index (χ2v) is 11.2. The van der Waals surface area contributed by atoms with Crippen molar-refractivity contribution in [2.24, 2.45) is 0 Å². The van der Waals surface area contributed by atoms with Crippen LogP contribution in [0.5, 0.6) is 0 Å². The molecule has 0 aliphatic carbocycles. The van der Waals surface area contributed by atoms with Crippen molar-refractivity contribution in [2.45, 2.75) is 32.5 Å². The predicted molar refractivity (Wildman–Crippen MR) is 166 cm³/mol. The van der Waals surface area contributed by atoms with Crippen molar-refractivity contribution in [3.05, 3.63) is 104 Å². The highest BCUT2D eigenvalue weighted by atomic mass is 35.5. The van der Waals surface area contributed by atoms with E-state index in [1.54, 1.807) is 31.0 Å². The van der Waals surface area contributed by atoms with E-state index in [0.717, 1.165) is 11.1 Å². The molecule has 2 N–H and O–H groups in total. The molecule has 3 aromatic carbocycles. The van der Waals surface area contributed by atoms with E-state index in [9.17, 15) is 19.2 Å². The van der Waals surface area contributed by atoms with Gasteiger partial charge in [-0.25, -0.2) is 9.59 Å². The molecule has 3 aromatic rings. The molecule has 0 fully saturated rings. The zero-order chi connectivity index (χ0) is 31.1. The number of rotatable bonds is 10. The average molecular weight is 646 g/mol. The third kappa shape index (κ3) is 7.98. The van der Waals surface area contributed by atoms with Crippen LogP contribution in [-0.2, 0) is 29.0 Å². The number of hydrogen-bond acceptors (Lipinski definition) is 5. The van der Waals surface area contributed by atoms with Gasteiger partial charge in [-0.3, -0.25) is 9.59 Å². The van der Waals surface area contributed by atoms with Gasteiger partial charge < -0.3 is 25.2 Å². The molecular weight excluding hydrogens is 615 g/mol. The summed E-state index contributed by atoms with van der Waals surface area (Å²) in [5.41, 5.74) is 2.53. The van der Waals surface area contributed by atoms with E-state index in [0.29, 0.717) is 42.2 Å². The second kappa shape index (κ2) is 14.6. The lowest BCUT2D eigenvalue weighted by Gasteiger charge is -2.30. The summed E-state index contributed by atoms with van der Waals surface area (Å²) in [7, 11) is 1.62. The standard InChI is InChI=1S/C31H31Cl3N4O5/c1-3-43-30(41)25(16-35-31(42)37(2)17-19-8-5-4-6-9-19)36-28(39)26-24(33)15-23-22(27(26)34)12-13-38(29(23)40)18-20-10-7-11-21(32)14-20/h4-11,14-15,25H,3,12-13,16-18H2,1-2H3,(H,35,42)(H,36,39)/t25-/m0/s1. The summed E-state index contributed by atoms with van der Waals surface area (Å²) in [4.78, 5) is 55.3. The summed E-state index contributed by atoms with van der Waals surface area (Å²) in [6.45, 7) is 2.53. The Kier molecular flexibility index (Phi) is 10.9. The van der Waals surface area contributed by atoms with Gasteiger partial charge in [0.05, 0.1) is 28.8 Å². The first kappa shape index (κ1) is 32.1. The lowest BCUT2D eigenvalue weighted by molar-refractivity contribution is -0.145. The van der Waals surface area contributed by atoms with Crippen molar-refractivity contribution in [1.82, 2.24) is 20.4 Å². The normalized spacial score (nSPS) is 13.1. The predicted octanol–water partition coefficient (Wildman–Crippen LogP) is 5.35. The van der Waals surface area contributed by atoms with Crippen molar-refractivity contribution >= 4 is 58.6 Å². The van der Waals surface area contributed by atoms with Crippen LogP contribution in [0.25, 0.3) is 0 Å². The topological polar surface area (TPSA) is 108 Å². The number of ether oxygens (including phenoxy) is 1. The van der Waals surface area contributed by atoms with Crippen LogP contribution in [0.3, 0.4) is 0 Å². The smallest absolute Gasteiger partial charge is 0.330 e. The Morgan fingerprint density at radius 3 is 2.44 bits per heavy atom. The van der Waals surface area contributed by atoms with Crippen LogP contribution >= 0.6 is 34.8 Å². The molecule has 12 heteroatoms. The number of urea groups is 1. The molecular formula is C31H31Cl3N4O5. The molecule has 9 nitrogen and oxygen atoms in total. The Balaban J connectivity index is 1.47. The van der Waals surface area contributed by atoms with Crippen LogP contribution in [0.1, 0.15) is 44.3 Å². The fraction of sp³-hybridized carbons (Fsp3) is 0.290. The molecule has 1 aliphatic heterocycles. The highest BCUT2D eigenvalue weighted by molar-refractivity contribution is 6.41. The van der Waals surface area contributed by atoms with E-state index in [-0.39, 0.29) is 34.7 Å². The minimum Gasteiger partial charge on any atom is -0.464 e. The van der Waals surface area contributed by atoms with Crippen LogP contribution < -0.4 is 10.6 Å². The largest absolute Gasteiger partial charge is 0.464 e. The summed E-state index contributed by atoms with van der Waals surface area (Å²) in [6, 6.07) is 16.4. The summed E-state index contributed by atoms with van der Waals surface area (Å²) in [5, 5.41) is 5.80. The molecule has 0 aromatic heterocycles. The molecule has 0 bridgehead atoms. The maximum atomic E-state index is 13.4. The fourth-order valence-corrected chi connectivity index (χ4v) is 5.68. The third-order valence-corrected chi connectivity index (χ3v) is 7.85. The van der Waals surface area contributed by atoms with Crippen molar-refractivity contribution in [3.63, 3.8) is 0 Å². The van der Waals surface area contributed by atoms with Gasteiger partial charge in [-0.1, -0.05) is 77.3 Å². The molecule has 0 unspecified atom stereocenters. The Morgan fingerprint density at radius 1 is 1.02 bits per heavy atom. The highest BCUT2D eigenvalue weighted by Crippen LogP contribution is 2.35. The summed E-state index contributed by atoms with van der Waals surface area (Å²) in [5.74, 6) is -1.75. The zero-order valence-electron chi connectivity index (χ0n) is 23.7. The van der Waals surface area contributed by atoms with Gasteiger partial charge in [0.2, 0.25) is 0 Å². The first-order valence-corrected chi connectivity index (χ1v) is 14.8. The Morgan fingerprint density at radius 2 is 1.74 bits per heavy atom. The summed E-state index contributed by atoms with van der Waals surface area (Å²) < 4.78 is 5.12. The molecule has 0 radical (unpaired) electrons. The number of halogens is 3. The third-order valence-electron chi connectivity index (χ3n) is 6.90. The number of hydrogen-bond donors (Lipinski definition) is 2. The van der Waals surface area contributed by atoms with Crippen molar-refractivity contribution in [2.75, 3.05) is 26.7 Å². The first-order valence-electron chi connectivity index (χ1n) is 13.6. The van der Waals surface area contributed by atoms with E-state index in [4.69, 9.17) is 39.5 Å². The van der Waals surface area contributed by atoms with Gasteiger partial charge in [-0.15, -0.1) is 0 Å². The molecule has 4 amide bonds. The number of benzene rings is 3. The minimum absolute atomic E-state index is 0.0324. The van der Waals surface area contributed by atoms with E-state index >= 15 is 0 Å². The molecule has 1 heterocycles. The average Bonchev–Trinajstić information content (AvgIpc) is 2.97. The van der Waals surface area contributed by atoms with Crippen molar-refractivity contribution in [1.29, 1.82) is 0 Å². The maximum absolute atomic E-state index is 13.4. The van der Waals surface area contributed by atoms with Gasteiger partial charge in [-0.2, -0.15) is 0 Å². The minimum atomic E-state index is -1.22. The molecule has 1 atom stereocenters. The van der Waals surface area contributed by atoms with E-state index in [1.165, 1.54) is 11.0 Å². The van der Waals surface area contributed by atoms with Gasteiger partial charge >= 0.3 is 12.0 Å². The lowest BCUT2D eigenvalue weighted by atomic mass is 9.95. The van der Waals surface area contributed by atoms with Crippen molar-refractivity contribution in [3.8, 4) is 0 Å².